The molecule has 0 saturated carbocycles. The van der Waals surface area contributed by atoms with E-state index in [1.54, 1.807) is 6.07 Å². The van der Waals surface area contributed by atoms with Crippen molar-refractivity contribution < 1.29 is 9.59 Å². The second kappa shape index (κ2) is 5.88. The smallest absolute Gasteiger partial charge is 0.248 e. The predicted octanol–water partition coefficient (Wildman–Crippen LogP) is 2.54. The van der Waals surface area contributed by atoms with E-state index in [0.29, 0.717) is 5.56 Å². The zero-order valence-electron chi connectivity index (χ0n) is 13.1. The molecule has 1 atom stereocenters. The van der Waals surface area contributed by atoms with Gasteiger partial charge in [-0.3, -0.25) is 9.59 Å². The number of carbonyl (C=O) groups is 2. The average Bonchev–Trinajstić information content (AvgIpc) is 2.45. The third-order valence-corrected chi connectivity index (χ3v) is 3.99. The number of nitrogens with zero attached hydrogens (tertiary/aromatic N) is 1. The Morgan fingerprint density at radius 1 is 1.29 bits per heavy atom. The van der Waals surface area contributed by atoms with Crippen molar-refractivity contribution in [3.8, 4) is 0 Å². The van der Waals surface area contributed by atoms with E-state index < -0.39 is 5.91 Å². The molecule has 4 heteroatoms. The number of nitrogens with two attached hydrogens (primary N) is 1. The lowest BCUT2D eigenvalue weighted by molar-refractivity contribution is -0.140. The lowest BCUT2D eigenvalue weighted by Crippen LogP contribution is -2.44. The molecule has 0 spiro atoms. The van der Waals surface area contributed by atoms with Crippen molar-refractivity contribution in [3.05, 3.63) is 35.4 Å². The van der Waals surface area contributed by atoms with Crippen LogP contribution in [-0.2, 0) is 4.79 Å². The second-order valence-corrected chi connectivity index (χ2v) is 6.83. The topological polar surface area (TPSA) is 63.4 Å². The highest BCUT2D eigenvalue weighted by atomic mass is 16.2. The monoisotopic (exact) mass is 288 g/mol. The molecule has 4 nitrogen and oxygen atoms in total. The van der Waals surface area contributed by atoms with Crippen LogP contribution in [0.4, 0.5) is 0 Å². The summed E-state index contributed by atoms with van der Waals surface area (Å²) in [5.41, 5.74) is 6.62. The molecule has 0 bridgehead atoms. The Morgan fingerprint density at radius 2 is 2.00 bits per heavy atom. The fourth-order valence-electron chi connectivity index (χ4n) is 2.85. The van der Waals surface area contributed by atoms with Crippen molar-refractivity contribution in [2.75, 3.05) is 13.1 Å². The highest BCUT2D eigenvalue weighted by molar-refractivity contribution is 5.92. The Bertz CT molecular complexity index is 546. The van der Waals surface area contributed by atoms with Crippen LogP contribution in [0.1, 0.15) is 55.5 Å². The van der Waals surface area contributed by atoms with E-state index >= 15 is 0 Å². The molecule has 1 fully saturated rings. The molecule has 1 aromatic carbocycles. The average molecular weight is 288 g/mol. The van der Waals surface area contributed by atoms with E-state index in [2.05, 4.69) is 0 Å². The molecule has 1 aliphatic heterocycles. The molecule has 1 aromatic rings. The number of carbonyl (C=O) groups excluding carboxylic acids is 2. The number of amides is 2. The van der Waals surface area contributed by atoms with Crippen LogP contribution in [0.25, 0.3) is 0 Å². The van der Waals surface area contributed by atoms with Gasteiger partial charge in [-0.05, 0) is 30.5 Å². The molecule has 0 aliphatic carbocycles. The zero-order valence-corrected chi connectivity index (χ0v) is 13.1. The van der Waals surface area contributed by atoms with Crippen LogP contribution in [0.3, 0.4) is 0 Å². The van der Waals surface area contributed by atoms with Crippen LogP contribution >= 0.6 is 0 Å². The molecule has 1 aliphatic rings. The quantitative estimate of drug-likeness (QED) is 0.909. The first kappa shape index (κ1) is 15.5. The van der Waals surface area contributed by atoms with Gasteiger partial charge >= 0.3 is 0 Å². The molecule has 2 rings (SSSR count). The van der Waals surface area contributed by atoms with Crippen molar-refractivity contribution in [1.29, 1.82) is 0 Å². The molecule has 114 valence electrons. The first-order chi connectivity index (χ1) is 9.79. The van der Waals surface area contributed by atoms with Crippen LogP contribution < -0.4 is 5.73 Å². The summed E-state index contributed by atoms with van der Waals surface area (Å²) >= 11 is 0. The van der Waals surface area contributed by atoms with Gasteiger partial charge in [-0.15, -0.1) is 0 Å². The maximum Gasteiger partial charge on any atom is 0.248 e. The van der Waals surface area contributed by atoms with Gasteiger partial charge in [0.15, 0.2) is 0 Å². The fourth-order valence-corrected chi connectivity index (χ4v) is 2.85. The van der Waals surface area contributed by atoms with Gasteiger partial charge < -0.3 is 10.6 Å². The fraction of sp³-hybridized carbons (Fsp3) is 0.529. The van der Waals surface area contributed by atoms with E-state index in [-0.39, 0.29) is 17.2 Å². The Balaban J connectivity index is 2.16. The number of primary amides is 1. The number of benzene rings is 1. The van der Waals surface area contributed by atoms with E-state index in [4.69, 9.17) is 5.73 Å². The number of hydrogen-bond acceptors (Lipinski definition) is 2. The van der Waals surface area contributed by atoms with E-state index in [9.17, 15) is 9.59 Å². The maximum absolute atomic E-state index is 12.4. The minimum atomic E-state index is -0.407. The Kier molecular flexibility index (Phi) is 4.35. The first-order valence-corrected chi connectivity index (χ1v) is 7.48. The lowest BCUT2D eigenvalue weighted by atomic mass is 9.87. The van der Waals surface area contributed by atoms with Crippen LogP contribution in [0.2, 0.25) is 0 Å². The van der Waals surface area contributed by atoms with Crippen LogP contribution in [0.5, 0.6) is 0 Å². The highest BCUT2D eigenvalue weighted by Crippen LogP contribution is 2.30. The van der Waals surface area contributed by atoms with Crippen molar-refractivity contribution in [1.82, 2.24) is 4.90 Å². The summed E-state index contributed by atoms with van der Waals surface area (Å²) < 4.78 is 0. The number of hydrogen-bond donors (Lipinski definition) is 1. The van der Waals surface area contributed by atoms with Crippen molar-refractivity contribution >= 4 is 11.8 Å². The number of likely N-dealkylation sites (tertiary alicyclic amines) is 1. The molecule has 2 amide bonds. The van der Waals surface area contributed by atoms with Gasteiger partial charge in [-0.2, -0.15) is 0 Å². The van der Waals surface area contributed by atoms with Crippen molar-refractivity contribution in [2.45, 2.75) is 39.5 Å². The molecule has 1 unspecified atom stereocenters. The van der Waals surface area contributed by atoms with Gasteiger partial charge in [-0.1, -0.05) is 32.9 Å². The molecule has 2 N–H and O–H groups in total. The van der Waals surface area contributed by atoms with E-state index in [1.807, 2.05) is 43.9 Å². The summed E-state index contributed by atoms with van der Waals surface area (Å²) in [6.07, 6.45) is 2.03. The summed E-state index contributed by atoms with van der Waals surface area (Å²) in [6.45, 7) is 7.40. The molecular weight excluding hydrogens is 264 g/mol. The van der Waals surface area contributed by atoms with E-state index in [0.717, 1.165) is 31.5 Å². The Morgan fingerprint density at radius 3 is 2.62 bits per heavy atom. The van der Waals surface area contributed by atoms with E-state index in [1.165, 1.54) is 0 Å². The summed E-state index contributed by atoms with van der Waals surface area (Å²) in [4.78, 5) is 25.7. The Hall–Kier alpha value is -1.84. The molecule has 21 heavy (non-hydrogen) atoms. The minimum absolute atomic E-state index is 0.193. The third kappa shape index (κ3) is 3.63. The van der Waals surface area contributed by atoms with Crippen LogP contribution in [0, 0.1) is 5.41 Å². The molecular formula is C17H24N2O2. The number of piperidine rings is 1. The Labute approximate surface area is 126 Å². The zero-order chi connectivity index (χ0) is 15.6. The van der Waals surface area contributed by atoms with Gasteiger partial charge in [0.05, 0.1) is 0 Å². The number of rotatable bonds is 2. The third-order valence-electron chi connectivity index (χ3n) is 3.99. The summed E-state index contributed by atoms with van der Waals surface area (Å²) in [5.74, 6) is 0.0675. The maximum atomic E-state index is 12.4. The molecule has 1 saturated heterocycles. The van der Waals surface area contributed by atoms with Gasteiger partial charge in [0.25, 0.3) is 0 Å². The largest absolute Gasteiger partial charge is 0.366 e. The van der Waals surface area contributed by atoms with Gasteiger partial charge in [0.1, 0.15) is 0 Å². The first-order valence-electron chi connectivity index (χ1n) is 7.48. The van der Waals surface area contributed by atoms with Crippen LogP contribution in [0.15, 0.2) is 24.3 Å². The van der Waals surface area contributed by atoms with Crippen molar-refractivity contribution in [2.24, 2.45) is 11.1 Å². The van der Waals surface area contributed by atoms with Crippen LogP contribution in [-0.4, -0.2) is 29.8 Å². The molecule has 0 aromatic heterocycles. The normalized spacial score (nSPS) is 19.4. The standard InChI is InChI=1S/C17H24N2O2/c1-17(2,3)16(21)19-9-5-8-14(11-19)12-6-4-7-13(10-12)15(18)20/h4,6-7,10,14H,5,8-9,11H2,1-3H3,(H2,18,20). The summed E-state index contributed by atoms with van der Waals surface area (Å²) in [7, 11) is 0. The van der Waals surface area contributed by atoms with Gasteiger partial charge in [0.2, 0.25) is 11.8 Å². The van der Waals surface area contributed by atoms with Gasteiger partial charge in [-0.25, -0.2) is 0 Å². The lowest BCUT2D eigenvalue weighted by Gasteiger charge is -2.36. The molecule has 0 radical (unpaired) electrons. The SMILES string of the molecule is CC(C)(C)C(=O)N1CCCC(c2cccc(C(N)=O)c2)C1. The van der Waals surface area contributed by atoms with Gasteiger partial charge in [0, 0.05) is 30.0 Å². The predicted molar refractivity (Wildman–Crippen MR) is 83.0 cm³/mol. The van der Waals surface area contributed by atoms with Crippen molar-refractivity contribution in [3.63, 3.8) is 0 Å². The summed E-state index contributed by atoms with van der Waals surface area (Å²) in [6, 6.07) is 7.47. The molecule has 1 heterocycles. The minimum Gasteiger partial charge on any atom is -0.366 e. The summed E-state index contributed by atoms with van der Waals surface area (Å²) in [5, 5.41) is 0. The highest BCUT2D eigenvalue weighted by Gasteiger charge is 2.31. The second-order valence-electron chi connectivity index (χ2n) is 6.83.